The van der Waals surface area contributed by atoms with E-state index in [1.165, 1.54) is 19.3 Å². The first-order valence-electron chi connectivity index (χ1n) is 10.0. The fourth-order valence-electron chi connectivity index (χ4n) is 2.72. The van der Waals surface area contributed by atoms with Gasteiger partial charge in [0.2, 0.25) is 0 Å². The van der Waals surface area contributed by atoms with Gasteiger partial charge in [-0.25, -0.2) is 4.79 Å². The Morgan fingerprint density at radius 2 is 1.50 bits per heavy atom. The fourth-order valence-corrected chi connectivity index (χ4v) is 2.72. The Hall–Kier alpha value is -2.53. The van der Waals surface area contributed by atoms with Gasteiger partial charge in [0.05, 0.1) is 31.5 Å². The zero-order chi connectivity index (χ0) is 19.6. The molecule has 1 heterocycles. The highest BCUT2D eigenvalue weighted by Crippen LogP contribution is 2.20. The third-order valence-electron chi connectivity index (χ3n) is 4.50. The Balaban J connectivity index is 1.41. The predicted molar refractivity (Wildman–Crippen MR) is 107 cm³/mol. The van der Waals surface area contributed by atoms with Crippen molar-refractivity contribution in [2.45, 2.75) is 45.1 Å². The molecule has 1 unspecified atom stereocenters. The van der Waals surface area contributed by atoms with Crippen LogP contribution in [0.25, 0.3) is 0 Å². The summed E-state index contributed by atoms with van der Waals surface area (Å²) in [6.07, 6.45) is 5.94. The molecule has 0 saturated carbocycles. The lowest BCUT2D eigenvalue weighted by Crippen LogP contribution is -2.08. The highest BCUT2D eigenvalue weighted by Gasteiger charge is 2.21. The summed E-state index contributed by atoms with van der Waals surface area (Å²) in [5.41, 5.74) is 0.481. The molecule has 0 spiro atoms. The van der Waals surface area contributed by atoms with Crippen LogP contribution >= 0.6 is 0 Å². The van der Waals surface area contributed by atoms with Crippen LogP contribution in [0.4, 0.5) is 0 Å². The molecule has 0 radical (unpaired) electrons. The molecule has 2 aromatic carbocycles. The van der Waals surface area contributed by atoms with E-state index in [2.05, 4.69) is 6.92 Å². The van der Waals surface area contributed by atoms with Crippen molar-refractivity contribution in [2.75, 3.05) is 19.8 Å². The Morgan fingerprint density at radius 1 is 0.893 bits per heavy atom. The summed E-state index contributed by atoms with van der Waals surface area (Å²) < 4.78 is 21.9. The molecule has 0 aromatic heterocycles. The Kier molecular flexibility index (Phi) is 7.73. The molecule has 0 N–H and O–H groups in total. The van der Waals surface area contributed by atoms with Crippen LogP contribution in [-0.2, 0) is 4.74 Å². The number of hydrogen-bond donors (Lipinski definition) is 0. The monoisotopic (exact) mass is 384 g/mol. The average molecular weight is 384 g/mol. The van der Waals surface area contributed by atoms with Gasteiger partial charge in [-0.05, 0) is 55.0 Å². The predicted octanol–water partition coefficient (Wildman–Crippen LogP) is 5.03. The fraction of sp³-hybridized carbons (Fsp3) is 0.435. The minimum absolute atomic E-state index is 0.354. The van der Waals surface area contributed by atoms with E-state index in [1.54, 1.807) is 36.4 Å². The number of ether oxygens (including phenoxy) is 4. The molecule has 1 aliphatic heterocycles. The van der Waals surface area contributed by atoms with E-state index in [9.17, 15) is 4.79 Å². The molecule has 0 aliphatic carbocycles. The number of esters is 1. The lowest BCUT2D eigenvalue weighted by molar-refractivity contribution is 0.0734. The van der Waals surface area contributed by atoms with E-state index in [1.807, 2.05) is 12.1 Å². The van der Waals surface area contributed by atoms with Gasteiger partial charge in [0, 0.05) is 6.42 Å². The molecular formula is C23H28O5. The first-order chi connectivity index (χ1) is 13.7. The summed E-state index contributed by atoms with van der Waals surface area (Å²) in [5, 5.41) is 0. The second-order valence-electron chi connectivity index (χ2n) is 6.89. The number of epoxide rings is 1. The van der Waals surface area contributed by atoms with Gasteiger partial charge in [0.25, 0.3) is 0 Å². The maximum atomic E-state index is 12.3. The van der Waals surface area contributed by atoms with Gasteiger partial charge in [-0.3, -0.25) is 0 Å². The van der Waals surface area contributed by atoms with Crippen molar-refractivity contribution in [1.82, 2.24) is 0 Å². The summed E-state index contributed by atoms with van der Waals surface area (Å²) in [4.78, 5) is 12.3. The van der Waals surface area contributed by atoms with E-state index < -0.39 is 5.97 Å². The van der Waals surface area contributed by atoms with Crippen LogP contribution in [0.15, 0.2) is 48.5 Å². The molecule has 0 amide bonds. The van der Waals surface area contributed by atoms with Crippen molar-refractivity contribution in [3.8, 4) is 17.2 Å². The van der Waals surface area contributed by atoms with Crippen LogP contribution in [0.3, 0.4) is 0 Å². The zero-order valence-electron chi connectivity index (χ0n) is 16.4. The van der Waals surface area contributed by atoms with Crippen molar-refractivity contribution in [3.05, 3.63) is 54.1 Å². The third kappa shape index (κ3) is 6.89. The van der Waals surface area contributed by atoms with Gasteiger partial charge in [-0.1, -0.05) is 26.2 Å². The first-order valence-corrected chi connectivity index (χ1v) is 10.0. The molecule has 5 heteroatoms. The van der Waals surface area contributed by atoms with Crippen LogP contribution in [-0.4, -0.2) is 31.9 Å². The van der Waals surface area contributed by atoms with E-state index in [0.29, 0.717) is 30.6 Å². The van der Waals surface area contributed by atoms with Crippen molar-refractivity contribution in [2.24, 2.45) is 0 Å². The molecule has 1 atom stereocenters. The Morgan fingerprint density at radius 3 is 2.14 bits per heavy atom. The topological polar surface area (TPSA) is 57.3 Å². The van der Waals surface area contributed by atoms with Gasteiger partial charge in [0.15, 0.2) is 0 Å². The van der Waals surface area contributed by atoms with Crippen molar-refractivity contribution in [1.29, 1.82) is 0 Å². The number of unbranched alkanes of at least 4 members (excludes halogenated alkanes) is 3. The van der Waals surface area contributed by atoms with E-state index in [4.69, 9.17) is 18.9 Å². The van der Waals surface area contributed by atoms with Crippen molar-refractivity contribution < 1.29 is 23.7 Å². The summed E-state index contributed by atoms with van der Waals surface area (Å²) in [5.74, 6) is 1.62. The summed E-state index contributed by atoms with van der Waals surface area (Å²) in [6.45, 7) is 4.35. The second-order valence-corrected chi connectivity index (χ2v) is 6.89. The van der Waals surface area contributed by atoms with Crippen LogP contribution in [0.1, 0.15) is 49.4 Å². The van der Waals surface area contributed by atoms with Gasteiger partial charge >= 0.3 is 5.97 Å². The lowest BCUT2D eigenvalue weighted by Gasteiger charge is -2.08. The Labute approximate surface area is 166 Å². The second kappa shape index (κ2) is 10.7. The maximum Gasteiger partial charge on any atom is 0.343 e. The number of rotatable bonds is 12. The van der Waals surface area contributed by atoms with Crippen LogP contribution in [0.2, 0.25) is 0 Å². The Bertz CT molecular complexity index is 720. The zero-order valence-corrected chi connectivity index (χ0v) is 16.4. The van der Waals surface area contributed by atoms with Crippen molar-refractivity contribution >= 4 is 5.97 Å². The minimum atomic E-state index is -0.397. The molecule has 0 bridgehead atoms. The minimum Gasteiger partial charge on any atom is -0.494 e. The average Bonchev–Trinajstić information content (AvgIpc) is 3.54. The number of carbonyl (C=O) groups excluding carboxylic acids is 1. The molecule has 28 heavy (non-hydrogen) atoms. The molecule has 5 nitrogen and oxygen atoms in total. The smallest absolute Gasteiger partial charge is 0.343 e. The van der Waals surface area contributed by atoms with Crippen molar-refractivity contribution in [3.63, 3.8) is 0 Å². The third-order valence-corrected chi connectivity index (χ3v) is 4.50. The van der Waals surface area contributed by atoms with Crippen LogP contribution in [0, 0.1) is 0 Å². The number of carbonyl (C=O) groups is 1. The van der Waals surface area contributed by atoms with Gasteiger partial charge in [0.1, 0.15) is 17.2 Å². The normalized spacial score (nSPS) is 15.1. The van der Waals surface area contributed by atoms with Crippen LogP contribution < -0.4 is 14.2 Å². The van der Waals surface area contributed by atoms with Crippen LogP contribution in [0.5, 0.6) is 17.2 Å². The highest BCUT2D eigenvalue weighted by atomic mass is 16.6. The quantitative estimate of drug-likeness (QED) is 0.222. The molecular weight excluding hydrogens is 356 g/mol. The van der Waals surface area contributed by atoms with E-state index >= 15 is 0 Å². The van der Waals surface area contributed by atoms with E-state index in [-0.39, 0.29) is 0 Å². The largest absolute Gasteiger partial charge is 0.494 e. The molecule has 1 aliphatic rings. The molecule has 3 rings (SSSR count). The summed E-state index contributed by atoms with van der Waals surface area (Å²) >= 11 is 0. The van der Waals surface area contributed by atoms with Gasteiger partial charge < -0.3 is 18.9 Å². The molecule has 2 aromatic rings. The highest BCUT2D eigenvalue weighted by molar-refractivity contribution is 5.91. The summed E-state index contributed by atoms with van der Waals surface area (Å²) in [7, 11) is 0. The van der Waals surface area contributed by atoms with E-state index in [0.717, 1.165) is 30.9 Å². The number of benzene rings is 2. The standard InChI is InChI=1S/C23H28O5/c1-2-3-4-5-15-25-20-10-12-21(13-11-20)28-23(24)18-6-8-19(9-7-18)26-16-14-22-17-27-22/h6-13,22H,2-5,14-17H2,1H3. The first kappa shape index (κ1) is 20.2. The molecule has 1 fully saturated rings. The van der Waals surface area contributed by atoms with Gasteiger partial charge in [-0.15, -0.1) is 0 Å². The molecule has 1 saturated heterocycles. The number of hydrogen-bond acceptors (Lipinski definition) is 5. The lowest BCUT2D eigenvalue weighted by atomic mass is 10.2. The van der Waals surface area contributed by atoms with Gasteiger partial charge in [-0.2, -0.15) is 0 Å². The SMILES string of the molecule is CCCCCCOc1ccc(OC(=O)c2ccc(OCCC3CO3)cc2)cc1. The maximum absolute atomic E-state index is 12.3. The summed E-state index contributed by atoms with van der Waals surface area (Å²) in [6, 6.07) is 14.1. The molecule has 150 valence electrons.